The van der Waals surface area contributed by atoms with Crippen LogP contribution in [-0.4, -0.2) is 4.98 Å². The van der Waals surface area contributed by atoms with E-state index in [0.717, 1.165) is 11.9 Å². The van der Waals surface area contributed by atoms with Crippen molar-refractivity contribution in [2.24, 2.45) is 0 Å². The fourth-order valence-electron chi connectivity index (χ4n) is 1.49. The lowest BCUT2D eigenvalue weighted by atomic mass is 10.1. The van der Waals surface area contributed by atoms with Crippen molar-refractivity contribution < 1.29 is 0 Å². The third-order valence-corrected chi connectivity index (χ3v) is 3.62. The molecule has 0 saturated carbocycles. The van der Waals surface area contributed by atoms with E-state index < -0.39 is 0 Å². The topological polar surface area (TPSA) is 12.9 Å². The second-order valence-corrected chi connectivity index (χ2v) is 5.01. The lowest BCUT2D eigenvalue weighted by Gasteiger charge is -2.02. The van der Waals surface area contributed by atoms with Crippen molar-refractivity contribution in [1.29, 1.82) is 0 Å². The summed E-state index contributed by atoms with van der Waals surface area (Å²) < 4.78 is 1.31. The first-order valence-electron chi connectivity index (χ1n) is 5.10. The van der Waals surface area contributed by atoms with Crippen LogP contribution in [0.15, 0.2) is 18.2 Å². The zero-order chi connectivity index (χ0) is 10.1. The largest absolute Gasteiger partial charge is 0.252 e. The molecular weight excluding hydrogens is 190 g/mol. The van der Waals surface area contributed by atoms with Gasteiger partial charge in [-0.25, -0.2) is 0 Å². The molecule has 74 valence electrons. The van der Waals surface area contributed by atoms with Gasteiger partial charge in [0, 0.05) is 10.6 Å². The molecule has 0 aliphatic heterocycles. The fourth-order valence-corrected chi connectivity index (χ4v) is 2.43. The van der Waals surface area contributed by atoms with E-state index in [-0.39, 0.29) is 0 Å². The van der Waals surface area contributed by atoms with Crippen molar-refractivity contribution in [2.45, 2.75) is 33.1 Å². The molecule has 0 aliphatic carbocycles. The molecule has 0 spiro atoms. The second kappa shape index (κ2) is 3.70. The summed E-state index contributed by atoms with van der Waals surface area (Å²) in [6, 6.07) is 6.55. The van der Waals surface area contributed by atoms with Crippen LogP contribution in [0.1, 0.15) is 37.3 Å². The summed E-state index contributed by atoms with van der Waals surface area (Å²) in [5.74, 6) is 0.518. The normalized spacial score (nSPS) is 11.4. The van der Waals surface area contributed by atoms with Crippen molar-refractivity contribution >= 4 is 21.6 Å². The number of hydrogen-bond donors (Lipinski definition) is 0. The molecule has 2 aromatic heterocycles. The summed E-state index contributed by atoms with van der Waals surface area (Å²) in [4.78, 5) is 6.08. The van der Waals surface area contributed by atoms with E-state index >= 15 is 0 Å². The predicted octanol–water partition coefficient (Wildman–Crippen LogP) is 3.98. The third-order valence-electron chi connectivity index (χ3n) is 2.39. The maximum absolute atomic E-state index is 4.65. The predicted molar refractivity (Wildman–Crippen MR) is 63.1 cm³/mol. The van der Waals surface area contributed by atoms with E-state index in [1.165, 1.54) is 15.3 Å². The van der Waals surface area contributed by atoms with Crippen LogP contribution in [0.25, 0.3) is 10.2 Å². The molecular formula is C12H15NS. The number of thiophene rings is 1. The zero-order valence-electron chi connectivity index (χ0n) is 8.87. The molecule has 2 aromatic rings. The van der Waals surface area contributed by atoms with Crippen LogP contribution in [0.4, 0.5) is 0 Å². The highest BCUT2D eigenvalue weighted by atomic mass is 32.1. The first-order valence-corrected chi connectivity index (χ1v) is 5.91. The molecule has 2 heteroatoms. The number of pyridine rings is 1. The van der Waals surface area contributed by atoms with Gasteiger partial charge in [0.15, 0.2) is 0 Å². The van der Waals surface area contributed by atoms with Crippen LogP contribution in [-0.2, 0) is 6.42 Å². The Labute approximate surface area is 88.8 Å². The van der Waals surface area contributed by atoms with Gasteiger partial charge in [-0.1, -0.05) is 20.8 Å². The molecule has 0 atom stereocenters. The van der Waals surface area contributed by atoms with Crippen LogP contribution in [0, 0.1) is 0 Å². The lowest BCUT2D eigenvalue weighted by Crippen LogP contribution is -1.90. The van der Waals surface area contributed by atoms with E-state index in [2.05, 4.69) is 44.0 Å². The van der Waals surface area contributed by atoms with Gasteiger partial charge in [0.05, 0.1) is 10.2 Å². The Kier molecular flexibility index (Phi) is 2.55. The fraction of sp³-hybridized carbons (Fsp3) is 0.417. The Morgan fingerprint density at radius 1 is 1.36 bits per heavy atom. The van der Waals surface area contributed by atoms with E-state index in [4.69, 9.17) is 0 Å². The summed E-state index contributed by atoms with van der Waals surface area (Å²) in [7, 11) is 0. The minimum absolute atomic E-state index is 0.518. The Morgan fingerprint density at radius 2 is 2.14 bits per heavy atom. The summed E-state index contributed by atoms with van der Waals surface area (Å²) >= 11 is 1.86. The molecule has 0 amide bonds. The highest BCUT2D eigenvalue weighted by Crippen LogP contribution is 2.26. The molecule has 0 radical (unpaired) electrons. The summed E-state index contributed by atoms with van der Waals surface area (Å²) in [6.45, 7) is 6.55. The van der Waals surface area contributed by atoms with E-state index in [1.54, 1.807) is 0 Å². The van der Waals surface area contributed by atoms with E-state index in [1.807, 2.05) is 11.3 Å². The quantitative estimate of drug-likeness (QED) is 0.722. The van der Waals surface area contributed by atoms with Crippen LogP contribution in [0.3, 0.4) is 0 Å². The van der Waals surface area contributed by atoms with E-state index in [0.29, 0.717) is 5.92 Å². The van der Waals surface area contributed by atoms with Gasteiger partial charge >= 0.3 is 0 Å². The summed E-state index contributed by atoms with van der Waals surface area (Å²) in [6.07, 6.45) is 1.11. The minimum Gasteiger partial charge on any atom is -0.252 e. The van der Waals surface area contributed by atoms with Gasteiger partial charge in [0.2, 0.25) is 0 Å². The number of rotatable bonds is 2. The number of hydrogen-bond acceptors (Lipinski definition) is 2. The van der Waals surface area contributed by atoms with Crippen molar-refractivity contribution in [3.63, 3.8) is 0 Å². The average molecular weight is 205 g/mol. The van der Waals surface area contributed by atoms with Crippen LogP contribution >= 0.6 is 11.3 Å². The van der Waals surface area contributed by atoms with Gasteiger partial charge in [-0.15, -0.1) is 11.3 Å². The van der Waals surface area contributed by atoms with Crippen LogP contribution in [0.2, 0.25) is 0 Å². The van der Waals surface area contributed by atoms with Crippen molar-refractivity contribution in [3.05, 3.63) is 28.8 Å². The average Bonchev–Trinajstić information content (AvgIpc) is 2.58. The SMILES string of the molecule is CCc1cc2nc(C(C)C)ccc2s1. The highest BCUT2D eigenvalue weighted by molar-refractivity contribution is 7.19. The first-order chi connectivity index (χ1) is 6.70. The summed E-state index contributed by atoms with van der Waals surface area (Å²) in [5.41, 5.74) is 2.36. The number of fused-ring (bicyclic) bond motifs is 1. The molecule has 14 heavy (non-hydrogen) atoms. The Hall–Kier alpha value is -0.890. The van der Waals surface area contributed by atoms with Gasteiger partial charge in [-0.2, -0.15) is 0 Å². The van der Waals surface area contributed by atoms with E-state index in [9.17, 15) is 0 Å². The summed E-state index contributed by atoms with van der Waals surface area (Å²) in [5, 5.41) is 0. The number of nitrogens with zero attached hydrogens (tertiary/aromatic N) is 1. The van der Waals surface area contributed by atoms with Crippen LogP contribution in [0.5, 0.6) is 0 Å². The van der Waals surface area contributed by atoms with Crippen molar-refractivity contribution in [2.75, 3.05) is 0 Å². The molecule has 0 aromatic carbocycles. The number of aromatic nitrogens is 1. The molecule has 0 saturated heterocycles. The molecule has 0 aliphatic rings. The smallest absolute Gasteiger partial charge is 0.0815 e. The molecule has 0 fully saturated rings. The molecule has 2 heterocycles. The number of aryl methyl sites for hydroxylation is 1. The second-order valence-electron chi connectivity index (χ2n) is 3.84. The van der Waals surface area contributed by atoms with Crippen molar-refractivity contribution in [3.8, 4) is 0 Å². The highest BCUT2D eigenvalue weighted by Gasteiger charge is 2.05. The minimum atomic E-state index is 0.518. The molecule has 1 nitrogen and oxygen atoms in total. The molecule has 2 rings (SSSR count). The van der Waals surface area contributed by atoms with Gasteiger partial charge in [-0.05, 0) is 30.5 Å². The van der Waals surface area contributed by atoms with Crippen LogP contribution < -0.4 is 0 Å². The molecule has 0 N–H and O–H groups in total. The van der Waals surface area contributed by atoms with Gasteiger partial charge in [0.1, 0.15) is 0 Å². The third kappa shape index (κ3) is 1.67. The van der Waals surface area contributed by atoms with Gasteiger partial charge < -0.3 is 0 Å². The van der Waals surface area contributed by atoms with Gasteiger partial charge in [-0.3, -0.25) is 4.98 Å². The molecule has 0 bridgehead atoms. The Balaban J connectivity index is 2.54. The first kappa shape index (κ1) is 9.66. The zero-order valence-corrected chi connectivity index (χ0v) is 9.69. The molecule has 0 unspecified atom stereocenters. The Bertz CT molecular complexity index is 443. The maximum Gasteiger partial charge on any atom is 0.0815 e. The van der Waals surface area contributed by atoms with Crippen molar-refractivity contribution in [1.82, 2.24) is 4.98 Å². The van der Waals surface area contributed by atoms with Gasteiger partial charge in [0.25, 0.3) is 0 Å². The lowest BCUT2D eigenvalue weighted by molar-refractivity contribution is 0.830. The standard InChI is InChI=1S/C12H15NS/c1-4-9-7-11-12(14-9)6-5-10(13-11)8(2)3/h5-8H,4H2,1-3H3. The monoisotopic (exact) mass is 205 g/mol. The maximum atomic E-state index is 4.65. The Morgan fingerprint density at radius 3 is 2.79 bits per heavy atom.